The normalized spacial score (nSPS) is 10.3. The number of thiophene rings is 2. The highest BCUT2D eigenvalue weighted by Crippen LogP contribution is 2.37. The standard InChI is InChI=1S/C12H11NO3S2/c1-2-9(14)13-11-10(12(15)16)7(6-18-11)8-4-3-5-17-8/h3-6H,2H2,1H3,(H,13,14)(H,15,16). The van der Waals surface area contributed by atoms with Crippen LogP contribution in [0.2, 0.25) is 0 Å². The molecule has 0 aliphatic rings. The highest BCUT2D eigenvalue weighted by Gasteiger charge is 2.21. The van der Waals surface area contributed by atoms with Crippen LogP contribution in [0.4, 0.5) is 5.00 Å². The zero-order valence-electron chi connectivity index (χ0n) is 9.60. The average molecular weight is 281 g/mol. The third kappa shape index (κ3) is 2.44. The summed E-state index contributed by atoms with van der Waals surface area (Å²) in [5, 5.41) is 16.0. The van der Waals surface area contributed by atoms with Crippen LogP contribution in [0, 0.1) is 0 Å². The lowest BCUT2D eigenvalue weighted by atomic mass is 10.1. The summed E-state index contributed by atoms with van der Waals surface area (Å²) in [6.07, 6.45) is 0.325. The van der Waals surface area contributed by atoms with Gasteiger partial charge >= 0.3 is 5.97 Å². The Morgan fingerprint density at radius 3 is 2.72 bits per heavy atom. The fraction of sp³-hybridized carbons (Fsp3) is 0.167. The van der Waals surface area contributed by atoms with Gasteiger partial charge in [0.05, 0.1) is 0 Å². The first-order valence-corrected chi connectivity index (χ1v) is 7.08. The fourth-order valence-electron chi connectivity index (χ4n) is 1.49. The molecule has 2 rings (SSSR count). The molecular weight excluding hydrogens is 270 g/mol. The van der Waals surface area contributed by atoms with Crippen LogP contribution in [0.3, 0.4) is 0 Å². The molecule has 0 spiro atoms. The molecule has 2 heterocycles. The number of hydrogen-bond donors (Lipinski definition) is 2. The van der Waals surface area contributed by atoms with Crippen molar-refractivity contribution >= 4 is 39.6 Å². The molecule has 0 saturated carbocycles. The van der Waals surface area contributed by atoms with Gasteiger partial charge in [-0.2, -0.15) is 0 Å². The first-order valence-electron chi connectivity index (χ1n) is 5.32. The van der Waals surface area contributed by atoms with Gasteiger partial charge in [0, 0.05) is 22.2 Å². The van der Waals surface area contributed by atoms with E-state index in [4.69, 9.17) is 0 Å². The Balaban J connectivity index is 2.44. The maximum Gasteiger partial charge on any atom is 0.339 e. The highest BCUT2D eigenvalue weighted by atomic mass is 32.1. The van der Waals surface area contributed by atoms with Gasteiger partial charge in [0.1, 0.15) is 10.6 Å². The van der Waals surface area contributed by atoms with Crippen LogP contribution in [-0.4, -0.2) is 17.0 Å². The van der Waals surface area contributed by atoms with Crippen LogP contribution in [0.15, 0.2) is 22.9 Å². The number of carbonyl (C=O) groups is 2. The third-order valence-corrected chi connectivity index (χ3v) is 4.16. The lowest BCUT2D eigenvalue weighted by Gasteiger charge is -2.03. The Kier molecular flexibility index (Phi) is 3.78. The average Bonchev–Trinajstić information content (AvgIpc) is 2.95. The maximum absolute atomic E-state index is 11.4. The number of carboxylic acid groups (broad SMARTS) is 1. The van der Waals surface area contributed by atoms with E-state index >= 15 is 0 Å². The number of amides is 1. The topological polar surface area (TPSA) is 66.4 Å². The molecule has 18 heavy (non-hydrogen) atoms. The second-order valence-corrected chi connectivity index (χ2v) is 5.37. The molecule has 0 atom stereocenters. The van der Waals surface area contributed by atoms with E-state index in [1.54, 1.807) is 12.3 Å². The van der Waals surface area contributed by atoms with Gasteiger partial charge in [-0.3, -0.25) is 4.79 Å². The van der Waals surface area contributed by atoms with Crippen LogP contribution in [0.5, 0.6) is 0 Å². The Morgan fingerprint density at radius 2 is 2.17 bits per heavy atom. The maximum atomic E-state index is 11.4. The summed E-state index contributed by atoms with van der Waals surface area (Å²) in [5.41, 5.74) is 0.832. The van der Waals surface area contributed by atoms with Crippen LogP contribution < -0.4 is 5.32 Å². The molecule has 2 N–H and O–H groups in total. The lowest BCUT2D eigenvalue weighted by molar-refractivity contribution is -0.115. The molecule has 0 aliphatic carbocycles. The molecule has 0 aromatic carbocycles. The predicted molar refractivity (Wildman–Crippen MR) is 73.5 cm³/mol. The second kappa shape index (κ2) is 5.32. The number of aromatic carboxylic acids is 1. The largest absolute Gasteiger partial charge is 0.478 e. The summed E-state index contributed by atoms with van der Waals surface area (Å²) in [4.78, 5) is 23.6. The summed E-state index contributed by atoms with van der Waals surface area (Å²) in [6, 6.07) is 3.73. The van der Waals surface area contributed by atoms with Crippen molar-refractivity contribution in [1.82, 2.24) is 0 Å². The third-order valence-electron chi connectivity index (χ3n) is 2.37. The van der Waals surface area contributed by atoms with Gasteiger partial charge in [0.15, 0.2) is 0 Å². The molecular formula is C12H11NO3S2. The van der Waals surface area contributed by atoms with E-state index in [0.717, 1.165) is 4.88 Å². The van der Waals surface area contributed by atoms with Crippen molar-refractivity contribution in [2.24, 2.45) is 0 Å². The molecule has 94 valence electrons. The molecule has 0 unspecified atom stereocenters. The van der Waals surface area contributed by atoms with E-state index in [9.17, 15) is 14.7 Å². The van der Waals surface area contributed by atoms with Crippen LogP contribution in [-0.2, 0) is 4.79 Å². The second-order valence-electron chi connectivity index (χ2n) is 3.54. The fourth-order valence-corrected chi connectivity index (χ4v) is 3.28. The van der Waals surface area contributed by atoms with Crippen molar-refractivity contribution in [2.75, 3.05) is 5.32 Å². The van der Waals surface area contributed by atoms with E-state index in [1.165, 1.54) is 22.7 Å². The van der Waals surface area contributed by atoms with E-state index in [1.807, 2.05) is 17.5 Å². The molecule has 2 aromatic rings. The van der Waals surface area contributed by atoms with E-state index < -0.39 is 5.97 Å². The van der Waals surface area contributed by atoms with Gasteiger partial charge in [-0.1, -0.05) is 13.0 Å². The molecule has 1 amide bonds. The van der Waals surface area contributed by atoms with Gasteiger partial charge in [0.2, 0.25) is 5.91 Å². The van der Waals surface area contributed by atoms with Crippen molar-refractivity contribution in [2.45, 2.75) is 13.3 Å². The smallest absolute Gasteiger partial charge is 0.339 e. The van der Waals surface area contributed by atoms with Crippen molar-refractivity contribution in [3.8, 4) is 10.4 Å². The molecule has 0 fully saturated rings. The molecule has 4 nitrogen and oxygen atoms in total. The van der Waals surface area contributed by atoms with Gasteiger partial charge in [-0.05, 0) is 11.4 Å². The Morgan fingerprint density at radius 1 is 1.39 bits per heavy atom. The quantitative estimate of drug-likeness (QED) is 0.901. The summed E-state index contributed by atoms with van der Waals surface area (Å²) < 4.78 is 0. The van der Waals surface area contributed by atoms with E-state index in [0.29, 0.717) is 17.0 Å². The molecule has 6 heteroatoms. The molecule has 2 aromatic heterocycles. The number of carbonyl (C=O) groups excluding carboxylic acids is 1. The van der Waals surface area contributed by atoms with Crippen molar-refractivity contribution < 1.29 is 14.7 Å². The monoisotopic (exact) mass is 281 g/mol. The van der Waals surface area contributed by atoms with Gasteiger partial charge in [-0.15, -0.1) is 22.7 Å². The SMILES string of the molecule is CCC(=O)Nc1scc(-c2cccs2)c1C(=O)O. The molecule has 0 saturated heterocycles. The summed E-state index contributed by atoms with van der Waals surface area (Å²) >= 11 is 2.72. The van der Waals surface area contributed by atoms with Crippen molar-refractivity contribution in [3.05, 3.63) is 28.5 Å². The molecule has 0 bridgehead atoms. The highest BCUT2D eigenvalue weighted by molar-refractivity contribution is 7.17. The minimum Gasteiger partial charge on any atom is -0.478 e. The van der Waals surface area contributed by atoms with Crippen LogP contribution in [0.1, 0.15) is 23.7 Å². The first-order chi connectivity index (χ1) is 8.63. The minimum atomic E-state index is -1.02. The van der Waals surface area contributed by atoms with Gasteiger partial charge in [-0.25, -0.2) is 4.79 Å². The van der Waals surface area contributed by atoms with Crippen molar-refractivity contribution in [3.63, 3.8) is 0 Å². The number of rotatable bonds is 4. The van der Waals surface area contributed by atoms with E-state index in [-0.39, 0.29) is 11.5 Å². The van der Waals surface area contributed by atoms with Gasteiger partial charge in [0.25, 0.3) is 0 Å². The number of nitrogens with one attached hydrogen (secondary N) is 1. The number of carboxylic acids is 1. The Bertz CT molecular complexity index is 572. The minimum absolute atomic E-state index is 0.171. The molecule has 0 radical (unpaired) electrons. The first kappa shape index (κ1) is 12.8. The zero-order chi connectivity index (χ0) is 13.1. The Hall–Kier alpha value is -1.66. The Labute approximate surface area is 112 Å². The van der Waals surface area contributed by atoms with Crippen LogP contribution in [0.25, 0.3) is 10.4 Å². The van der Waals surface area contributed by atoms with E-state index in [2.05, 4.69) is 5.32 Å². The number of anilines is 1. The summed E-state index contributed by atoms with van der Waals surface area (Å²) in [6.45, 7) is 1.73. The predicted octanol–water partition coefficient (Wildman–Crippen LogP) is 3.52. The van der Waals surface area contributed by atoms with Gasteiger partial charge < -0.3 is 10.4 Å². The zero-order valence-corrected chi connectivity index (χ0v) is 11.2. The van der Waals surface area contributed by atoms with Crippen molar-refractivity contribution in [1.29, 1.82) is 0 Å². The molecule has 0 aliphatic heterocycles. The summed E-state index contributed by atoms with van der Waals surface area (Å²) in [7, 11) is 0. The number of hydrogen-bond acceptors (Lipinski definition) is 4. The lowest BCUT2D eigenvalue weighted by Crippen LogP contribution is -2.11. The summed E-state index contributed by atoms with van der Waals surface area (Å²) in [5.74, 6) is -1.21. The van der Waals surface area contributed by atoms with Crippen LogP contribution >= 0.6 is 22.7 Å².